The quantitative estimate of drug-likeness (QED) is 0.773. The monoisotopic (exact) mass is 376 g/mol. The highest BCUT2D eigenvalue weighted by atomic mass is 32.2. The van der Waals surface area contributed by atoms with Crippen LogP contribution in [0.25, 0.3) is 11.3 Å². The van der Waals surface area contributed by atoms with Gasteiger partial charge in [0.2, 0.25) is 5.91 Å². The van der Waals surface area contributed by atoms with E-state index >= 15 is 0 Å². The van der Waals surface area contributed by atoms with Gasteiger partial charge in [0.15, 0.2) is 16.7 Å². The number of imidazole rings is 1. The Morgan fingerprint density at radius 3 is 2.77 bits per heavy atom. The summed E-state index contributed by atoms with van der Waals surface area (Å²) in [7, 11) is 0. The number of rotatable bonds is 5. The molecule has 3 N–H and O–H groups in total. The summed E-state index contributed by atoms with van der Waals surface area (Å²) in [6.07, 6.45) is 1.76. The fourth-order valence-electron chi connectivity index (χ4n) is 2.63. The molecule has 0 radical (unpaired) electrons. The van der Waals surface area contributed by atoms with Gasteiger partial charge in [-0.15, -0.1) is 0 Å². The van der Waals surface area contributed by atoms with Gasteiger partial charge in [-0.3, -0.25) is 10.1 Å². The number of primary amides is 1. The van der Waals surface area contributed by atoms with Crippen LogP contribution in [0.1, 0.15) is 13.8 Å². The van der Waals surface area contributed by atoms with Crippen LogP contribution in [-0.4, -0.2) is 40.0 Å². The summed E-state index contributed by atoms with van der Waals surface area (Å²) in [5.41, 5.74) is 6.85. The number of ether oxygens (including phenoxy) is 2. The number of benzene rings is 1. The van der Waals surface area contributed by atoms with Crippen LogP contribution in [0, 0.1) is 0 Å². The van der Waals surface area contributed by atoms with Gasteiger partial charge < -0.3 is 19.8 Å². The second kappa shape index (κ2) is 7.69. The number of hydrogen-bond donors (Lipinski definition) is 2. The third-order valence-electron chi connectivity index (χ3n) is 3.87. The molecule has 1 aliphatic rings. The summed E-state index contributed by atoms with van der Waals surface area (Å²) < 4.78 is 13.2. The average Bonchev–Trinajstić information content (AvgIpc) is 3.03. The minimum Gasteiger partial charge on any atom is -0.486 e. The van der Waals surface area contributed by atoms with Gasteiger partial charge >= 0.3 is 6.03 Å². The SMILES string of the molecule is CCn1c(-c2ccc3c(c2)OCCO3)cnc1SC(C)C(=O)NC(N)=O. The van der Waals surface area contributed by atoms with Crippen LogP contribution in [-0.2, 0) is 11.3 Å². The maximum absolute atomic E-state index is 11.9. The van der Waals surface area contributed by atoms with Crippen LogP contribution in [0.4, 0.5) is 4.79 Å². The number of aromatic nitrogens is 2. The second-order valence-electron chi connectivity index (χ2n) is 5.64. The number of nitrogens with two attached hydrogens (primary N) is 1. The number of imide groups is 1. The van der Waals surface area contributed by atoms with Gasteiger partial charge in [-0.25, -0.2) is 9.78 Å². The van der Waals surface area contributed by atoms with Gasteiger partial charge in [-0.05, 0) is 32.0 Å². The Bertz CT molecular complexity index is 836. The molecule has 1 unspecified atom stereocenters. The number of thioether (sulfide) groups is 1. The molecule has 0 spiro atoms. The number of nitrogens with one attached hydrogen (secondary N) is 1. The van der Waals surface area contributed by atoms with E-state index in [-0.39, 0.29) is 0 Å². The first kappa shape index (κ1) is 18.1. The van der Waals surface area contributed by atoms with E-state index in [0.717, 1.165) is 17.0 Å². The minimum atomic E-state index is -0.863. The molecule has 0 aliphatic carbocycles. The van der Waals surface area contributed by atoms with Gasteiger partial charge in [0.05, 0.1) is 17.1 Å². The summed E-state index contributed by atoms with van der Waals surface area (Å²) in [6, 6.07) is 4.90. The third kappa shape index (κ3) is 3.77. The standard InChI is InChI=1S/C17H20N4O4S/c1-3-21-12(11-4-5-13-14(8-11)25-7-6-24-13)9-19-17(21)26-10(2)15(22)20-16(18)23/h4-5,8-10H,3,6-7H2,1-2H3,(H3,18,20,22,23). The van der Waals surface area contributed by atoms with E-state index in [9.17, 15) is 9.59 Å². The van der Waals surface area contributed by atoms with Crippen LogP contribution < -0.4 is 20.5 Å². The Morgan fingerprint density at radius 2 is 2.08 bits per heavy atom. The predicted molar refractivity (Wildman–Crippen MR) is 97.4 cm³/mol. The second-order valence-corrected chi connectivity index (χ2v) is 6.95. The fourth-order valence-corrected chi connectivity index (χ4v) is 3.58. The van der Waals surface area contributed by atoms with E-state index in [4.69, 9.17) is 15.2 Å². The topological polar surface area (TPSA) is 108 Å². The van der Waals surface area contributed by atoms with Gasteiger partial charge in [-0.2, -0.15) is 0 Å². The molecule has 2 heterocycles. The van der Waals surface area contributed by atoms with Crippen molar-refractivity contribution >= 4 is 23.7 Å². The Labute approximate surface area is 155 Å². The van der Waals surface area contributed by atoms with Gasteiger partial charge in [0, 0.05) is 12.1 Å². The van der Waals surface area contributed by atoms with Gasteiger partial charge in [0.25, 0.3) is 0 Å². The lowest BCUT2D eigenvalue weighted by Crippen LogP contribution is -2.39. The number of carbonyl (C=O) groups excluding carboxylic acids is 2. The van der Waals surface area contributed by atoms with E-state index in [1.165, 1.54) is 11.8 Å². The average molecular weight is 376 g/mol. The van der Waals surface area contributed by atoms with E-state index in [0.29, 0.717) is 30.7 Å². The molecule has 1 aromatic heterocycles. The van der Waals surface area contributed by atoms with Crippen LogP contribution in [0.5, 0.6) is 11.5 Å². The lowest BCUT2D eigenvalue weighted by molar-refractivity contribution is -0.119. The van der Waals surface area contributed by atoms with Crippen LogP contribution in [0.3, 0.4) is 0 Å². The van der Waals surface area contributed by atoms with E-state index in [1.54, 1.807) is 13.1 Å². The number of amides is 3. The van der Waals surface area contributed by atoms with Crippen molar-refractivity contribution in [3.8, 4) is 22.8 Å². The highest BCUT2D eigenvalue weighted by Crippen LogP contribution is 2.36. The summed E-state index contributed by atoms with van der Waals surface area (Å²) in [6.45, 7) is 5.45. The maximum Gasteiger partial charge on any atom is 0.318 e. The van der Waals surface area contributed by atoms with Gasteiger partial charge in [0.1, 0.15) is 13.2 Å². The van der Waals surface area contributed by atoms with E-state index in [1.807, 2.05) is 29.7 Å². The maximum atomic E-state index is 11.9. The zero-order valence-electron chi connectivity index (χ0n) is 14.5. The third-order valence-corrected chi connectivity index (χ3v) is 4.98. The molecule has 2 aromatic rings. The molecular weight excluding hydrogens is 356 g/mol. The molecular formula is C17H20N4O4S. The number of hydrogen-bond acceptors (Lipinski definition) is 6. The van der Waals surface area contributed by atoms with Crippen LogP contribution in [0.2, 0.25) is 0 Å². The van der Waals surface area contributed by atoms with Crippen molar-refractivity contribution in [2.45, 2.75) is 30.8 Å². The van der Waals surface area contributed by atoms with Crippen LogP contribution in [0.15, 0.2) is 29.6 Å². The van der Waals surface area contributed by atoms with E-state index in [2.05, 4.69) is 10.3 Å². The smallest absolute Gasteiger partial charge is 0.318 e. The summed E-state index contributed by atoms with van der Waals surface area (Å²) >= 11 is 1.27. The van der Waals surface area contributed by atoms with Crippen molar-refractivity contribution in [3.63, 3.8) is 0 Å². The first-order chi connectivity index (χ1) is 12.5. The largest absolute Gasteiger partial charge is 0.486 e. The first-order valence-corrected chi connectivity index (χ1v) is 9.10. The molecule has 0 saturated heterocycles. The lowest BCUT2D eigenvalue weighted by Gasteiger charge is -2.19. The number of nitrogens with zero attached hydrogens (tertiary/aromatic N) is 2. The first-order valence-electron chi connectivity index (χ1n) is 8.22. The molecule has 1 aromatic carbocycles. The molecule has 1 aliphatic heterocycles. The minimum absolute atomic E-state index is 0.450. The molecule has 3 amide bonds. The molecule has 0 fully saturated rings. The molecule has 1 atom stereocenters. The van der Waals surface area contributed by atoms with Crippen LogP contribution >= 0.6 is 11.8 Å². The predicted octanol–water partition coefficient (Wildman–Crippen LogP) is 2.02. The van der Waals surface area contributed by atoms with Crippen molar-refractivity contribution in [2.75, 3.05) is 13.2 Å². The highest BCUT2D eigenvalue weighted by Gasteiger charge is 2.21. The Morgan fingerprint density at radius 1 is 1.35 bits per heavy atom. The van der Waals surface area contributed by atoms with Gasteiger partial charge in [-0.1, -0.05) is 11.8 Å². The zero-order chi connectivity index (χ0) is 18.7. The lowest BCUT2D eigenvalue weighted by atomic mass is 10.1. The van der Waals surface area contributed by atoms with Crippen molar-refractivity contribution in [2.24, 2.45) is 5.73 Å². The molecule has 9 heteroatoms. The number of urea groups is 1. The molecule has 138 valence electrons. The van der Waals surface area contributed by atoms with Crippen molar-refractivity contribution in [1.29, 1.82) is 0 Å². The molecule has 0 bridgehead atoms. The molecule has 26 heavy (non-hydrogen) atoms. The van der Waals surface area contributed by atoms with Crippen molar-refractivity contribution < 1.29 is 19.1 Å². The van der Waals surface area contributed by atoms with Crippen molar-refractivity contribution in [1.82, 2.24) is 14.9 Å². The fraction of sp³-hybridized carbons (Fsp3) is 0.353. The van der Waals surface area contributed by atoms with Crippen molar-refractivity contribution in [3.05, 3.63) is 24.4 Å². The Kier molecular flexibility index (Phi) is 5.36. The highest BCUT2D eigenvalue weighted by molar-refractivity contribution is 8.00. The summed E-state index contributed by atoms with van der Waals surface area (Å²) in [5.74, 6) is 0.990. The molecule has 0 saturated carbocycles. The molecule has 3 rings (SSSR count). The Balaban J connectivity index is 1.84. The summed E-state index contributed by atoms with van der Waals surface area (Å²) in [5, 5.41) is 2.26. The normalized spacial score (nSPS) is 13.9. The number of fused-ring (bicyclic) bond motifs is 1. The number of carbonyl (C=O) groups is 2. The van der Waals surface area contributed by atoms with E-state index < -0.39 is 17.2 Å². The molecule has 8 nitrogen and oxygen atoms in total. The summed E-state index contributed by atoms with van der Waals surface area (Å²) in [4.78, 5) is 27.2. The zero-order valence-corrected chi connectivity index (χ0v) is 15.3. The Hall–Kier alpha value is -2.68.